The van der Waals surface area contributed by atoms with Gasteiger partial charge in [0, 0.05) is 11.1 Å². The van der Waals surface area contributed by atoms with E-state index in [1.807, 2.05) is 30.3 Å². The van der Waals surface area contributed by atoms with Gasteiger partial charge < -0.3 is 14.8 Å². The second-order valence-corrected chi connectivity index (χ2v) is 5.33. The molecular weight excluding hydrogens is 286 g/mol. The number of ether oxygens (including phenoxy) is 2. The normalized spacial score (nSPS) is 14.8. The first-order chi connectivity index (χ1) is 10.3. The quantitative estimate of drug-likeness (QED) is 0.931. The van der Waals surface area contributed by atoms with Crippen molar-refractivity contribution in [1.29, 1.82) is 0 Å². The van der Waals surface area contributed by atoms with E-state index in [1.54, 1.807) is 0 Å². The van der Waals surface area contributed by atoms with Gasteiger partial charge in [-0.25, -0.2) is 0 Å². The molecule has 2 aromatic carbocycles. The smallest absolute Gasteiger partial charge is 0.162 e. The van der Waals surface area contributed by atoms with Crippen LogP contribution in [0.4, 0.5) is 0 Å². The summed E-state index contributed by atoms with van der Waals surface area (Å²) < 4.78 is 11.2. The molecule has 0 bridgehead atoms. The zero-order valence-electron chi connectivity index (χ0n) is 11.9. The second kappa shape index (κ2) is 6.37. The molecule has 4 heteroatoms. The van der Waals surface area contributed by atoms with E-state index in [1.165, 1.54) is 5.56 Å². The van der Waals surface area contributed by atoms with Crippen molar-refractivity contribution in [2.24, 2.45) is 0 Å². The SMILES string of the molecule is CCNC(c1ccccc1)c1cc2c(cc1Cl)OCCO2. The number of hydrogen-bond acceptors (Lipinski definition) is 3. The van der Waals surface area contributed by atoms with E-state index >= 15 is 0 Å². The lowest BCUT2D eigenvalue weighted by Gasteiger charge is -2.24. The van der Waals surface area contributed by atoms with Crippen molar-refractivity contribution < 1.29 is 9.47 Å². The molecule has 110 valence electrons. The molecule has 1 aliphatic rings. The highest BCUT2D eigenvalue weighted by Gasteiger charge is 2.21. The van der Waals surface area contributed by atoms with Crippen LogP contribution in [0.3, 0.4) is 0 Å². The Kier molecular flexibility index (Phi) is 4.32. The van der Waals surface area contributed by atoms with Crippen LogP contribution in [-0.4, -0.2) is 19.8 Å². The van der Waals surface area contributed by atoms with Gasteiger partial charge in [-0.15, -0.1) is 0 Å². The third-order valence-corrected chi connectivity index (χ3v) is 3.84. The molecule has 0 radical (unpaired) electrons. The maximum Gasteiger partial charge on any atom is 0.162 e. The molecule has 0 fully saturated rings. The Balaban J connectivity index is 2.03. The number of halogens is 1. The van der Waals surface area contributed by atoms with E-state index < -0.39 is 0 Å². The summed E-state index contributed by atoms with van der Waals surface area (Å²) in [5.74, 6) is 1.48. The fourth-order valence-corrected chi connectivity index (χ4v) is 2.82. The fraction of sp³-hybridized carbons (Fsp3) is 0.294. The predicted octanol–water partition coefficient (Wildman–Crippen LogP) is 3.81. The largest absolute Gasteiger partial charge is 0.486 e. The average molecular weight is 304 g/mol. The minimum atomic E-state index is 0.0412. The first-order valence-corrected chi connectivity index (χ1v) is 7.54. The molecule has 2 aromatic rings. The maximum atomic E-state index is 6.47. The van der Waals surface area contributed by atoms with Crippen molar-refractivity contribution in [3.8, 4) is 11.5 Å². The standard InChI is InChI=1S/C17H18ClNO2/c1-2-19-17(12-6-4-3-5-7-12)13-10-15-16(11-14(13)18)21-9-8-20-15/h3-7,10-11,17,19H,2,8-9H2,1H3. The first-order valence-electron chi connectivity index (χ1n) is 7.17. The molecule has 0 aromatic heterocycles. The van der Waals surface area contributed by atoms with Gasteiger partial charge in [0.25, 0.3) is 0 Å². The van der Waals surface area contributed by atoms with E-state index in [9.17, 15) is 0 Å². The van der Waals surface area contributed by atoms with E-state index in [0.29, 0.717) is 18.2 Å². The summed E-state index contributed by atoms with van der Waals surface area (Å²) in [6, 6.07) is 14.1. The summed E-state index contributed by atoms with van der Waals surface area (Å²) in [4.78, 5) is 0. The van der Waals surface area contributed by atoms with Crippen LogP contribution in [0.5, 0.6) is 11.5 Å². The van der Waals surface area contributed by atoms with Crippen LogP contribution in [-0.2, 0) is 0 Å². The zero-order chi connectivity index (χ0) is 14.7. The number of hydrogen-bond donors (Lipinski definition) is 1. The van der Waals surface area contributed by atoms with Gasteiger partial charge in [-0.3, -0.25) is 0 Å². The molecule has 0 saturated heterocycles. The Hall–Kier alpha value is -1.71. The Morgan fingerprint density at radius 2 is 1.76 bits per heavy atom. The van der Waals surface area contributed by atoms with Crippen LogP contribution in [0.15, 0.2) is 42.5 Å². The highest BCUT2D eigenvalue weighted by Crippen LogP contribution is 2.39. The molecule has 0 aliphatic carbocycles. The van der Waals surface area contributed by atoms with Crippen molar-refractivity contribution in [3.05, 3.63) is 58.6 Å². The van der Waals surface area contributed by atoms with Crippen LogP contribution in [0, 0.1) is 0 Å². The van der Waals surface area contributed by atoms with E-state index in [0.717, 1.165) is 23.6 Å². The van der Waals surface area contributed by atoms with Gasteiger partial charge in [-0.2, -0.15) is 0 Å². The molecule has 0 spiro atoms. The van der Waals surface area contributed by atoms with Gasteiger partial charge in [0.2, 0.25) is 0 Å². The summed E-state index contributed by atoms with van der Waals surface area (Å²) in [5, 5.41) is 4.17. The van der Waals surface area contributed by atoms with E-state index in [4.69, 9.17) is 21.1 Å². The summed E-state index contributed by atoms with van der Waals surface area (Å²) >= 11 is 6.47. The van der Waals surface area contributed by atoms with Gasteiger partial charge in [0.1, 0.15) is 13.2 Å². The second-order valence-electron chi connectivity index (χ2n) is 4.92. The number of rotatable bonds is 4. The highest BCUT2D eigenvalue weighted by molar-refractivity contribution is 6.31. The summed E-state index contributed by atoms with van der Waals surface area (Å²) in [6.45, 7) is 4.08. The van der Waals surface area contributed by atoms with Crippen LogP contribution in [0.1, 0.15) is 24.1 Å². The summed E-state index contributed by atoms with van der Waals surface area (Å²) in [7, 11) is 0. The summed E-state index contributed by atoms with van der Waals surface area (Å²) in [5.41, 5.74) is 2.19. The molecule has 1 heterocycles. The van der Waals surface area contributed by atoms with Gasteiger partial charge in [0.15, 0.2) is 11.5 Å². The molecule has 21 heavy (non-hydrogen) atoms. The van der Waals surface area contributed by atoms with Crippen LogP contribution in [0.2, 0.25) is 5.02 Å². The van der Waals surface area contributed by atoms with Crippen LogP contribution in [0.25, 0.3) is 0 Å². The van der Waals surface area contributed by atoms with Gasteiger partial charge in [-0.05, 0) is 23.7 Å². The zero-order valence-corrected chi connectivity index (χ0v) is 12.7. The van der Waals surface area contributed by atoms with Crippen molar-refractivity contribution in [1.82, 2.24) is 5.32 Å². The van der Waals surface area contributed by atoms with Crippen molar-refractivity contribution in [2.75, 3.05) is 19.8 Å². The Morgan fingerprint density at radius 1 is 1.10 bits per heavy atom. The van der Waals surface area contributed by atoms with Gasteiger partial charge in [-0.1, -0.05) is 48.9 Å². The predicted molar refractivity (Wildman–Crippen MR) is 84.4 cm³/mol. The lowest BCUT2D eigenvalue weighted by atomic mass is 9.98. The molecule has 1 unspecified atom stereocenters. The number of fused-ring (bicyclic) bond motifs is 1. The Morgan fingerprint density at radius 3 is 2.43 bits per heavy atom. The minimum Gasteiger partial charge on any atom is -0.486 e. The van der Waals surface area contributed by atoms with E-state index in [-0.39, 0.29) is 6.04 Å². The molecule has 0 amide bonds. The molecule has 0 saturated carbocycles. The van der Waals surface area contributed by atoms with Crippen molar-refractivity contribution in [2.45, 2.75) is 13.0 Å². The first kappa shape index (κ1) is 14.2. The number of nitrogens with one attached hydrogen (secondary N) is 1. The minimum absolute atomic E-state index is 0.0412. The number of benzene rings is 2. The fourth-order valence-electron chi connectivity index (χ4n) is 2.56. The van der Waals surface area contributed by atoms with Crippen LogP contribution >= 0.6 is 11.6 Å². The third-order valence-electron chi connectivity index (χ3n) is 3.51. The highest BCUT2D eigenvalue weighted by atomic mass is 35.5. The summed E-state index contributed by atoms with van der Waals surface area (Å²) in [6.07, 6.45) is 0. The van der Waals surface area contributed by atoms with Crippen LogP contribution < -0.4 is 14.8 Å². The Bertz CT molecular complexity index is 616. The lowest BCUT2D eigenvalue weighted by molar-refractivity contribution is 0.171. The van der Waals surface area contributed by atoms with Gasteiger partial charge in [0.05, 0.1) is 6.04 Å². The maximum absolute atomic E-state index is 6.47. The van der Waals surface area contributed by atoms with Crippen molar-refractivity contribution >= 4 is 11.6 Å². The molecule has 3 rings (SSSR count). The Labute approximate surface area is 129 Å². The molecule has 3 nitrogen and oxygen atoms in total. The van der Waals surface area contributed by atoms with E-state index in [2.05, 4.69) is 24.4 Å². The van der Waals surface area contributed by atoms with Gasteiger partial charge >= 0.3 is 0 Å². The molecular formula is C17H18ClNO2. The van der Waals surface area contributed by atoms with Crippen molar-refractivity contribution in [3.63, 3.8) is 0 Å². The topological polar surface area (TPSA) is 30.5 Å². The molecule has 1 N–H and O–H groups in total. The monoisotopic (exact) mass is 303 g/mol. The molecule has 1 aliphatic heterocycles. The average Bonchev–Trinajstić information content (AvgIpc) is 2.53. The lowest BCUT2D eigenvalue weighted by Crippen LogP contribution is -2.23. The third kappa shape index (κ3) is 2.99. The molecule has 1 atom stereocenters.